The molecular formula is C15H29N3O9. The Labute approximate surface area is 157 Å². The number of carbonyl (C=O) groups is 3. The highest BCUT2D eigenvalue weighted by atomic mass is 16.8. The molecule has 0 radical (unpaired) electrons. The Morgan fingerprint density at radius 2 is 1.30 bits per heavy atom. The maximum Gasteiger partial charge on any atom is 0.330 e. The van der Waals surface area contributed by atoms with Gasteiger partial charge in [0.05, 0.1) is 27.4 Å². The Hall–Kier alpha value is -1.99. The summed E-state index contributed by atoms with van der Waals surface area (Å²) in [6, 6.07) is -2.56. The van der Waals surface area contributed by atoms with E-state index in [1.54, 1.807) is 20.9 Å². The lowest BCUT2D eigenvalue weighted by Crippen LogP contribution is -2.47. The number of rotatable bonds is 14. The molecule has 4 N–H and O–H groups in total. The minimum atomic E-state index is -1.06. The van der Waals surface area contributed by atoms with Gasteiger partial charge in [-0.2, -0.15) is 0 Å². The van der Waals surface area contributed by atoms with Crippen LogP contribution in [0, 0.1) is 0 Å². The zero-order valence-electron chi connectivity index (χ0n) is 16.2. The fraction of sp³-hybridized carbons (Fsp3) is 0.800. The number of amides is 2. The number of hydrogen-bond acceptors (Lipinski definition) is 10. The molecular weight excluding hydrogens is 366 g/mol. The first-order chi connectivity index (χ1) is 12.7. The monoisotopic (exact) mass is 395 g/mol. The standard InChI is InChI=1S/C15H29N3O9/c1-9(24-6-11(17-3)13(19)22-4)26-8-27-10(2)25-7-12(14(20)23-5)18-15(16)21/h9-12,17H,6-8H2,1-5H3,(H3,16,18,21). The normalized spacial score (nSPS) is 15.3. The van der Waals surface area contributed by atoms with Crippen LogP contribution in [0.1, 0.15) is 13.8 Å². The molecule has 0 aliphatic heterocycles. The number of hydrogen-bond donors (Lipinski definition) is 3. The van der Waals surface area contributed by atoms with E-state index in [1.807, 2.05) is 0 Å². The van der Waals surface area contributed by atoms with E-state index >= 15 is 0 Å². The van der Waals surface area contributed by atoms with Gasteiger partial charge in [-0.1, -0.05) is 0 Å². The predicted octanol–water partition coefficient (Wildman–Crippen LogP) is -1.33. The van der Waals surface area contributed by atoms with Crippen molar-refractivity contribution >= 4 is 18.0 Å². The summed E-state index contributed by atoms with van der Waals surface area (Å²) in [6.45, 7) is 2.88. The fourth-order valence-corrected chi connectivity index (χ4v) is 1.68. The summed E-state index contributed by atoms with van der Waals surface area (Å²) in [4.78, 5) is 33.8. The second-order valence-electron chi connectivity index (χ2n) is 5.20. The van der Waals surface area contributed by atoms with E-state index in [2.05, 4.69) is 20.1 Å². The summed E-state index contributed by atoms with van der Waals surface area (Å²) < 4.78 is 30.3. The van der Waals surface area contributed by atoms with Crippen molar-refractivity contribution in [3.63, 3.8) is 0 Å². The van der Waals surface area contributed by atoms with Gasteiger partial charge in [0, 0.05) is 0 Å². The molecule has 2 amide bonds. The lowest BCUT2D eigenvalue weighted by molar-refractivity contribution is -0.238. The maximum atomic E-state index is 11.5. The Kier molecular flexibility index (Phi) is 13.1. The molecule has 0 saturated carbocycles. The number of urea groups is 1. The summed E-state index contributed by atoms with van der Waals surface area (Å²) in [5, 5.41) is 4.95. The molecule has 0 aromatic carbocycles. The summed E-state index contributed by atoms with van der Waals surface area (Å²) >= 11 is 0. The van der Waals surface area contributed by atoms with Crippen molar-refractivity contribution in [2.75, 3.05) is 41.3 Å². The van der Waals surface area contributed by atoms with Gasteiger partial charge in [-0.05, 0) is 20.9 Å². The first-order valence-electron chi connectivity index (χ1n) is 8.10. The SMILES string of the molecule is CNC(COC(C)OCOC(C)OCC(NC(N)=O)C(=O)OC)C(=O)OC. The molecule has 4 unspecified atom stereocenters. The fourth-order valence-electron chi connectivity index (χ4n) is 1.68. The van der Waals surface area contributed by atoms with E-state index in [0.717, 1.165) is 0 Å². The number of ether oxygens (including phenoxy) is 6. The second-order valence-corrected chi connectivity index (χ2v) is 5.20. The molecule has 27 heavy (non-hydrogen) atoms. The average Bonchev–Trinajstić information content (AvgIpc) is 2.64. The third kappa shape index (κ3) is 11.4. The van der Waals surface area contributed by atoms with Crippen LogP contribution in [0.15, 0.2) is 0 Å². The maximum absolute atomic E-state index is 11.5. The molecule has 0 aliphatic rings. The highest BCUT2D eigenvalue weighted by molar-refractivity contribution is 5.82. The number of nitrogens with two attached hydrogens (primary N) is 1. The van der Waals surface area contributed by atoms with Crippen molar-refractivity contribution in [1.29, 1.82) is 0 Å². The first-order valence-corrected chi connectivity index (χ1v) is 8.10. The number of methoxy groups -OCH3 is 2. The van der Waals surface area contributed by atoms with Crippen molar-refractivity contribution in [1.82, 2.24) is 10.6 Å². The van der Waals surface area contributed by atoms with E-state index in [0.29, 0.717) is 0 Å². The quantitative estimate of drug-likeness (QED) is 0.238. The molecule has 158 valence electrons. The lowest BCUT2D eigenvalue weighted by Gasteiger charge is -2.21. The van der Waals surface area contributed by atoms with Crippen molar-refractivity contribution in [2.45, 2.75) is 38.5 Å². The Bertz CT molecular complexity index is 464. The zero-order chi connectivity index (χ0) is 20.8. The minimum absolute atomic E-state index is 0.0516. The van der Waals surface area contributed by atoms with Crippen LogP contribution in [-0.4, -0.2) is 83.9 Å². The molecule has 0 spiro atoms. The van der Waals surface area contributed by atoms with Gasteiger partial charge in [-0.25, -0.2) is 9.59 Å². The molecule has 0 aromatic heterocycles. The molecule has 12 heteroatoms. The number of primary amides is 1. The van der Waals surface area contributed by atoms with Gasteiger partial charge in [-0.15, -0.1) is 0 Å². The molecule has 0 bridgehead atoms. The Morgan fingerprint density at radius 1 is 0.852 bits per heavy atom. The summed E-state index contributed by atoms with van der Waals surface area (Å²) in [6.07, 6.45) is -1.41. The van der Waals surface area contributed by atoms with Gasteiger partial charge in [0.2, 0.25) is 0 Å². The molecule has 0 heterocycles. The highest BCUT2D eigenvalue weighted by Gasteiger charge is 2.22. The van der Waals surface area contributed by atoms with Crippen LogP contribution in [0.4, 0.5) is 4.79 Å². The molecule has 12 nitrogen and oxygen atoms in total. The van der Waals surface area contributed by atoms with E-state index in [9.17, 15) is 14.4 Å². The van der Waals surface area contributed by atoms with Crippen molar-refractivity contribution in [3.8, 4) is 0 Å². The van der Waals surface area contributed by atoms with Gasteiger partial charge in [0.15, 0.2) is 25.4 Å². The molecule has 0 aliphatic carbocycles. The van der Waals surface area contributed by atoms with E-state index in [-0.39, 0.29) is 20.0 Å². The van der Waals surface area contributed by atoms with Crippen LogP contribution < -0.4 is 16.4 Å². The first kappa shape index (κ1) is 25.0. The highest BCUT2D eigenvalue weighted by Crippen LogP contribution is 2.01. The molecule has 0 aromatic rings. The van der Waals surface area contributed by atoms with Crippen LogP contribution in [0.2, 0.25) is 0 Å². The van der Waals surface area contributed by atoms with Crippen LogP contribution in [0.5, 0.6) is 0 Å². The topological polar surface area (TPSA) is 157 Å². The lowest BCUT2D eigenvalue weighted by atomic mass is 10.3. The van der Waals surface area contributed by atoms with Gasteiger partial charge >= 0.3 is 18.0 Å². The smallest absolute Gasteiger partial charge is 0.330 e. The van der Waals surface area contributed by atoms with Gasteiger partial charge in [0.1, 0.15) is 6.04 Å². The second kappa shape index (κ2) is 14.1. The number of nitrogens with one attached hydrogen (secondary N) is 2. The third-order valence-corrected chi connectivity index (χ3v) is 3.24. The largest absolute Gasteiger partial charge is 0.468 e. The molecule has 4 atom stereocenters. The minimum Gasteiger partial charge on any atom is -0.468 e. The molecule has 0 fully saturated rings. The van der Waals surface area contributed by atoms with Gasteiger partial charge in [0.25, 0.3) is 0 Å². The average molecular weight is 395 g/mol. The van der Waals surface area contributed by atoms with Crippen molar-refractivity contribution < 1.29 is 42.8 Å². The number of likely N-dealkylation sites (N-methyl/N-ethyl adjacent to an activating group) is 1. The number of carbonyl (C=O) groups excluding carboxylic acids is 3. The third-order valence-electron chi connectivity index (χ3n) is 3.24. The Morgan fingerprint density at radius 3 is 1.70 bits per heavy atom. The van der Waals surface area contributed by atoms with E-state index in [4.69, 9.17) is 24.7 Å². The van der Waals surface area contributed by atoms with Gasteiger partial charge < -0.3 is 44.8 Å². The number of esters is 2. The van der Waals surface area contributed by atoms with Gasteiger partial charge in [-0.3, -0.25) is 4.79 Å². The Balaban J connectivity index is 4.09. The van der Waals surface area contributed by atoms with Crippen molar-refractivity contribution in [3.05, 3.63) is 0 Å². The summed E-state index contributed by atoms with van der Waals surface area (Å²) in [5.41, 5.74) is 4.98. The summed E-state index contributed by atoms with van der Waals surface area (Å²) in [7, 11) is 4.06. The van der Waals surface area contributed by atoms with Crippen LogP contribution in [0.3, 0.4) is 0 Å². The van der Waals surface area contributed by atoms with Crippen molar-refractivity contribution in [2.24, 2.45) is 5.73 Å². The zero-order valence-corrected chi connectivity index (χ0v) is 16.2. The predicted molar refractivity (Wildman–Crippen MR) is 91.3 cm³/mol. The molecule has 0 saturated heterocycles. The molecule has 0 rings (SSSR count). The van der Waals surface area contributed by atoms with Crippen LogP contribution in [0.25, 0.3) is 0 Å². The van der Waals surface area contributed by atoms with Crippen LogP contribution in [-0.2, 0) is 38.0 Å². The van der Waals surface area contributed by atoms with E-state index in [1.165, 1.54) is 14.2 Å². The van der Waals surface area contributed by atoms with Crippen LogP contribution >= 0.6 is 0 Å². The summed E-state index contributed by atoms with van der Waals surface area (Å²) in [5.74, 6) is -1.16. The van der Waals surface area contributed by atoms with E-state index < -0.39 is 42.6 Å².